The molecule has 1 amide bonds. The van der Waals surface area contributed by atoms with Crippen LogP contribution in [0.5, 0.6) is 11.5 Å². The first-order chi connectivity index (χ1) is 12.3. The number of hydrogen-bond acceptors (Lipinski definition) is 5. The van der Waals surface area contributed by atoms with Crippen LogP contribution in [0.15, 0.2) is 30.6 Å². The third kappa shape index (κ3) is 5.80. The number of ether oxygens (including phenoxy) is 2. The van der Waals surface area contributed by atoms with Crippen molar-refractivity contribution in [1.29, 1.82) is 0 Å². The molecule has 27 heavy (non-hydrogen) atoms. The first-order valence-electron chi connectivity index (χ1n) is 7.88. The van der Waals surface area contributed by atoms with Crippen LogP contribution in [0.3, 0.4) is 0 Å². The molecule has 0 aliphatic rings. The molecule has 0 radical (unpaired) electrons. The van der Waals surface area contributed by atoms with E-state index in [-0.39, 0.29) is 36.4 Å². The van der Waals surface area contributed by atoms with Crippen molar-refractivity contribution in [2.24, 2.45) is 7.05 Å². The van der Waals surface area contributed by atoms with E-state index in [4.69, 9.17) is 4.74 Å². The summed E-state index contributed by atoms with van der Waals surface area (Å²) >= 11 is 0. The second kappa shape index (κ2) is 10.1. The number of aromatic nitrogens is 2. The molecule has 7 nitrogen and oxygen atoms in total. The number of amides is 1. The molecule has 0 saturated heterocycles. The van der Waals surface area contributed by atoms with Crippen LogP contribution in [0.2, 0.25) is 0 Å². The van der Waals surface area contributed by atoms with Gasteiger partial charge >= 0.3 is 6.61 Å². The predicted octanol–water partition coefficient (Wildman–Crippen LogP) is 2.37. The molecule has 1 unspecified atom stereocenters. The Kier molecular flexibility index (Phi) is 8.45. The van der Waals surface area contributed by atoms with E-state index in [1.807, 2.05) is 0 Å². The maximum atomic E-state index is 12.7. The van der Waals surface area contributed by atoms with Crippen molar-refractivity contribution in [3.63, 3.8) is 0 Å². The first kappa shape index (κ1) is 22.7. The molecular weight excluding hydrogens is 382 g/mol. The maximum absolute atomic E-state index is 12.7. The Morgan fingerprint density at radius 1 is 1.37 bits per heavy atom. The van der Waals surface area contributed by atoms with Crippen molar-refractivity contribution < 1.29 is 23.0 Å². The van der Waals surface area contributed by atoms with Gasteiger partial charge in [0.05, 0.1) is 13.3 Å². The molecule has 150 valence electrons. The van der Waals surface area contributed by atoms with Gasteiger partial charge in [0.25, 0.3) is 0 Å². The van der Waals surface area contributed by atoms with Gasteiger partial charge in [0.2, 0.25) is 5.91 Å². The lowest BCUT2D eigenvalue weighted by Gasteiger charge is -2.23. The zero-order chi connectivity index (χ0) is 19.3. The molecule has 1 atom stereocenters. The average molecular weight is 405 g/mol. The fraction of sp³-hybridized carbons (Fsp3) is 0.412. The van der Waals surface area contributed by atoms with Gasteiger partial charge in [-0.3, -0.25) is 9.48 Å². The number of alkyl halides is 2. The number of nitrogens with one attached hydrogen (secondary N) is 1. The Morgan fingerprint density at radius 3 is 2.59 bits per heavy atom. The molecule has 10 heteroatoms. The summed E-state index contributed by atoms with van der Waals surface area (Å²) in [5, 5.41) is 7.04. The summed E-state index contributed by atoms with van der Waals surface area (Å²) in [7, 11) is 6.47. The van der Waals surface area contributed by atoms with Crippen LogP contribution >= 0.6 is 12.4 Å². The van der Waals surface area contributed by atoms with E-state index in [1.165, 1.54) is 24.1 Å². The summed E-state index contributed by atoms with van der Waals surface area (Å²) < 4.78 is 36.2. The number of benzene rings is 1. The molecular formula is C17H23ClF2N4O3. The second-order valence-corrected chi connectivity index (χ2v) is 5.73. The number of halogens is 3. The molecule has 0 bridgehead atoms. The third-order valence-electron chi connectivity index (χ3n) is 3.83. The largest absolute Gasteiger partial charge is 0.493 e. The van der Waals surface area contributed by atoms with Gasteiger partial charge in [-0.1, -0.05) is 6.07 Å². The number of carbonyl (C=O) groups is 1. The van der Waals surface area contributed by atoms with E-state index in [9.17, 15) is 13.6 Å². The van der Waals surface area contributed by atoms with Crippen LogP contribution in [-0.4, -0.2) is 48.4 Å². The van der Waals surface area contributed by atoms with E-state index >= 15 is 0 Å². The predicted molar refractivity (Wildman–Crippen MR) is 98.4 cm³/mol. The van der Waals surface area contributed by atoms with Crippen molar-refractivity contribution in [2.45, 2.75) is 19.2 Å². The Balaban J connectivity index is 0.00000364. The van der Waals surface area contributed by atoms with Crippen molar-refractivity contribution in [3.8, 4) is 11.5 Å². The molecule has 2 aromatic rings. The average Bonchev–Trinajstić information content (AvgIpc) is 3.01. The van der Waals surface area contributed by atoms with Crippen LogP contribution < -0.4 is 14.8 Å². The van der Waals surface area contributed by atoms with E-state index in [1.54, 1.807) is 44.3 Å². The number of likely N-dealkylation sites (N-methyl/N-ethyl adjacent to an activating group) is 2. The molecule has 0 aliphatic heterocycles. The lowest BCUT2D eigenvalue weighted by molar-refractivity contribution is -0.132. The number of nitrogens with zero attached hydrogens (tertiary/aromatic N) is 3. The van der Waals surface area contributed by atoms with E-state index in [0.717, 1.165) is 5.56 Å². The Labute approximate surface area is 162 Å². The number of aryl methyl sites for hydroxylation is 1. The molecule has 1 aromatic heterocycles. The van der Waals surface area contributed by atoms with Crippen molar-refractivity contribution in [3.05, 3.63) is 41.7 Å². The molecule has 0 fully saturated rings. The SMILES string of the molecule is CNC(C(=O)N(C)Cc1ccc(OC)c(OC(F)F)c1)c1cnn(C)c1.Cl. The van der Waals surface area contributed by atoms with E-state index in [2.05, 4.69) is 15.2 Å². The van der Waals surface area contributed by atoms with Gasteiger partial charge in [-0.15, -0.1) is 12.4 Å². The summed E-state index contributed by atoms with van der Waals surface area (Å²) in [6, 6.07) is 4.11. The topological polar surface area (TPSA) is 68.6 Å². The van der Waals surface area contributed by atoms with Crippen molar-refractivity contribution >= 4 is 18.3 Å². The quantitative estimate of drug-likeness (QED) is 0.731. The number of hydrogen-bond donors (Lipinski definition) is 1. The summed E-state index contributed by atoms with van der Waals surface area (Å²) in [5.41, 5.74) is 1.38. The van der Waals surface area contributed by atoms with Crippen molar-refractivity contribution in [2.75, 3.05) is 21.2 Å². The standard InChI is InChI=1S/C17H22F2N4O3.ClH/c1-20-15(12-8-21-23(3)10-12)16(24)22(2)9-11-5-6-13(25-4)14(7-11)26-17(18)19;/h5-8,10,15,17,20H,9H2,1-4H3;1H. The fourth-order valence-electron chi connectivity index (χ4n) is 2.60. The number of methoxy groups -OCH3 is 1. The molecule has 0 saturated carbocycles. The molecule has 1 N–H and O–H groups in total. The maximum Gasteiger partial charge on any atom is 0.387 e. The molecule has 1 heterocycles. The molecule has 0 aliphatic carbocycles. The zero-order valence-corrected chi connectivity index (χ0v) is 16.3. The minimum atomic E-state index is -2.96. The second-order valence-electron chi connectivity index (χ2n) is 5.73. The highest BCUT2D eigenvalue weighted by molar-refractivity contribution is 5.85. The van der Waals surface area contributed by atoms with Gasteiger partial charge < -0.3 is 19.7 Å². The lowest BCUT2D eigenvalue weighted by atomic mass is 10.1. The van der Waals surface area contributed by atoms with Crippen LogP contribution in [0.4, 0.5) is 8.78 Å². The molecule has 1 aromatic carbocycles. The van der Waals surface area contributed by atoms with Gasteiger partial charge in [0.1, 0.15) is 6.04 Å². The van der Waals surface area contributed by atoms with Crippen LogP contribution in [-0.2, 0) is 18.4 Å². The molecule has 0 spiro atoms. The van der Waals surface area contributed by atoms with Gasteiger partial charge in [-0.25, -0.2) is 0 Å². The van der Waals surface area contributed by atoms with Gasteiger partial charge in [0.15, 0.2) is 11.5 Å². The van der Waals surface area contributed by atoms with Crippen LogP contribution in [0, 0.1) is 0 Å². The fourth-order valence-corrected chi connectivity index (χ4v) is 2.60. The van der Waals surface area contributed by atoms with Crippen molar-refractivity contribution in [1.82, 2.24) is 20.0 Å². The highest BCUT2D eigenvalue weighted by Gasteiger charge is 2.24. The normalized spacial score (nSPS) is 11.7. The van der Waals surface area contributed by atoms with Crippen LogP contribution in [0.1, 0.15) is 17.2 Å². The zero-order valence-electron chi connectivity index (χ0n) is 15.5. The minimum Gasteiger partial charge on any atom is -0.493 e. The lowest BCUT2D eigenvalue weighted by Crippen LogP contribution is -2.37. The number of carbonyl (C=O) groups excluding carboxylic acids is 1. The third-order valence-corrected chi connectivity index (χ3v) is 3.83. The Hall–Kier alpha value is -2.39. The smallest absolute Gasteiger partial charge is 0.387 e. The Morgan fingerprint density at radius 2 is 2.07 bits per heavy atom. The first-order valence-corrected chi connectivity index (χ1v) is 7.88. The summed E-state index contributed by atoms with van der Waals surface area (Å²) in [4.78, 5) is 14.2. The summed E-state index contributed by atoms with van der Waals surface area (Å²) in [5.74, 6) is -0.0441. The monoisotopic (exact) mass is 404 g/mol. The number of rotatable bonds is 8. The van der Waals surface area contributed by atoms with Gasteiger partial charge in [-0.2, -0.15) is 13.9 Å². The van der Waals surface area contributed by atoms with E-state index < -0.39 is 12.7 Å². The highest BCUT2D eigenvalue weighted by atomic mass is 35.5. The van der Waals surface area contributed by atoms with Gasteiger partial charge in [0, 0.05) is 32.4 Å². The van der Waals surface area contributed by atoms with Crippen LogP contribution in [0.25, 0.3) is 0 Å². The van der Waals surface area contributed by atoms with E-state index in [0.29, 0.717) is 5.56 Å². The minimum absolute atomic E-state index is 0. The molecule has 2 rings (SSSR count). The Bertz CT molecular complexity index is 758. The van der Waals surface area contributed by atoms with Gasteiger partial charge in [-0.05, 0) is 24.7 Å². The summed E-state index contributed by atoms with van der Waals surface area (Å²) in [6.45, 7) is -2.74. The summed E-state index contributed by atoms with van der Waals surface area (Å²) in [6.07, 6.45) is 3.38. The highest BCUT2D eigenvalue weighted by Crippen LogP contribution is 2.30.